The topological polar surface area (TPSA) is 78.4 Å². The zero-order valence-corrected chi connectivity index (χ0v) is 13.6. The van der Waals surface area contributed by atoms with Gasteiger partial charge < -0.3 is 15.7 Å². The van der Waals surface area contributed by atoms with Crippen molar-refractivity contribution in [1.82, 2.24) is 10.6 Å². The van der Waals surface area contributed by atoms with Crippen molar-refractivity contribution in [3.63, 3.8) is 0 Å². The van der Waals surface area contributed by atoms with Gasteiger partial charge in [-0.2, -0.15) is 0 Å². The molecule has 130 valence electrons. The number of nitrogens with one attached hydrogen (secondary N) is 2. The number of amides is 2. The van der Waals surface area contributed by atoms with Crippen molar-refractivity contribution < 1.29 is 19.1 Å². The molecule has 0 spiro atoms. The number of benzene rings is 2. The molecule has 0 heterocycles. The summed E-state index contributed by atoms with van der Waals surface area (Å²) in [5.41, 5.74) is 1.39. The molecule has 1 atom stereocenters. The minimum absolute atomic E-state index is 0.0210. The molecule has 2 aromatic rings. The molecule has 2 amide bonds. The van der Waals surface area contributed by atoms with Crippen LogP contribution in [0.25, 0.3) is 0 Å². The minimum atomic E-state index is -1.15. The fourth-order valence-electron chi connectivity index (χ4n) is 3.02. The van der Waals surface area contributed by atoms with Gasteiger partial charge in [0, 0.05) is 6.54 Å². The molecule has 0 radical (unpaired) electrons. The summed E-state index contributed by atoms with van der Waals surface area (Å²) >= 11 is 0. The van der Waals surface area contributed by atoms with Crippen molar-refractivity contribution in [2.24, 2.45) is 0 Å². The predicted octanol–water partition coefficient (Wildman–Crippen LogP) is 1.39. The van der Waals surface area contributed by atoms with E-state index in [-0.39, 0.29) is 18.9 Å². The first-order valence-corrected chi connectivity index (χ1v) is 8.09. The van der Waals surface area contributed by atoms with Gasteiger partial charge in [-0.15, -0.1) is 0 Å². The van der Waals surface area contributed by atoms with Crippen molar-refractivity contribution in [3.05, 3.63) is 71.0 Å². The van der Waals surface area contributed by atoms with Crippen LogP contribution in [-0.2, 0) is 28.2 Å². The molecule has 0 bridgehead atoms. The maximum absolute atomic E-state index is 12.8. The summed E-state index contributed by atoms with van der Waals surface area (Å²) in [5.74, 6) is -1.96. The summed E-state index contributed by atoms with van der Waals surface area (Å²) in [5, 5.41) is 15.7. The van der Waals surface area contributed by atoms with E-state index >= 15 is 0 Å². The molecule has 6 heteroatoms. The molecular weight excluding hydrogens is 323 g/mol. The Labute approximate surface area is 144 Å². The van der Waals surface area contributed by atoms with Gasteiger partial charge in [0.05, 0.1) is 6.54 Å². The van der Waals surface area contributed by atoms with Crippen LogP contribution >= 0.6 is 0 Å². The van der Waals surface area contributed by atoms with E-state index in [2.05, 4.69) is 10.6 Å². The molecule has 3 rings (SSSR count). The molecule has 0 aromatic heterocycles. The normalized spacial score (nSPS) is 18.5. The Bertz CT molecular complexity index is 792. The van der Waals surface area contributed by atoms with E-state index in [0.717, 1.165) is 17.5 Å². The molecule has 0 fully saturated rings. The van der Waals surface area contributed by atoms with Gasteiger partial charge in [0.2, 0.25) is 0 Å². The number of carbonyl (C=O) groups is 2. The summed E-state index contributed by atoms with van der Waals surface area (Å²) in [7, 11) is 0. The second-order valence-corrected chi connectivity index (χ2v) is 6.18. The smallest absolute Gasteiger partial charge is 0.309 e. The number of aryl methyl sites for hydroxylation is 1. The van der Waals surface area contributed by atoms with Gasteiger partial charge in [0.15, 0.2) is 0 Å². The highest BCUT2D eigenvalue weighted by Gasteiger charge is 2.36. The van der Waals surface area contributed by atoms with Gasteiger partial charge in [-0.25, -0.2) is 4.39 Å². The second-order valence-electron chi connectivity index (χ2n) is 6.18. The summed E-state index contributed by atoms with van der Waals surface area (Å²) in [6, 6.07) is 13.2. The first-order chi connectivity index (χ1) is 12.0. The van der Waals surface area contributed by atoms with E-state index in [0.29, 0.717) is 12.0 Å². The summed E-state index contributed by atoms with van der Waals surface area (Å²) < 4.78 is 12.8. The third-order valence-electron chi connectivity index (χ3n) is 4.44. The Balaban J connectivity index is 1.52. The summed E-state index contributed by atoms with van der Waals surface area (Å²) in [6.45, 7) is 0.104. The Hall–Kier alpha value is -2.73. The monoisotopic (exact) mass is 342 g/mol. The number of aliphatic hydroxyl groups is 1. The van der Waals surface area contributed by atoms with Gasteiger partial charge in [0.25, 0.3) is 0 Å². The average Bonchev–Trinajstić information content (AvgIpc) is 2.97. The molecule has 0 saturated carbocycles. The van der Waals surface area contributed by atoms with Crippen molar-refractivity contribution in [2.45, 2.75) is 25.0 Å². The lowest BCUT2D eigenvalue weighted by atomic mass is 9.96. The molecule has 2 aromatic carbocycles. The molecule has 5 nitrogen and oxygen atoms in total. The lowest BCUT2D eigenvalue weighted by molar-refractivity contribution is -0.140. The van der Waals surface area contributed by atoms with Crippen LogP contribution in [0.2, 0.25) is 0 Å². The molecule has 25 heavy (non-hydrogen) atoms. The van der Waals surface area contributed by atoms with Crippen molar-refractivity contribution in [3.8, 4) is 0 Å². The first kappa shape index (κ1) is 17.1. The Kier molecular flexibility index (Phi) is 4.81. The van der Waals surface area contributed by atoms with Crippen LogP contribution in [0.5, 0.6) is 0 Å². The predicted molar refractivity (Wildman–Crippen MR) is 89.9 cm³/mol. The van der Waals surface area contributed by atoms with Crippen LogP contribution in [0.3, 0.4) is 0 Å². The first-order valence-electron chi connectivity index (χ1n) is 8.09. The van der Waals surface area contributed by atoms with Gasteiger partial charge >= 0.3 is 11.8 Å². The van der Waals surface area contributed by atoms with E-state index in [9.17, 15) is 19.1 Å². The quantitative estimate of drug-likeness (QED) is 0.735. The van der Waals surface area contributed by atoms with Gasteiger partial charge in [0.1, 0.15) is 11.4 Å². The lowest BCUT2D eigenvalue weighted by Crippen LogP contribution is -2.45. The molecular formula is C19H19FN2O3. The number of carbonyl (C=O) groups excluding carboxylic acids is 2. The lowest BCUT2D eigenvalue weighted by Gasteiger charge is -2.24. The number of hydrogen-bond donors (Lipinski definition) is 3. The summed E-state index contributed by atoms with van der Waals surface area (Å²) in [6.07, 6.45) is 1.24. The number of hydrogen-bond acceptors (Lipinski definition) is 3. The minimum Gasteiger partial charge on any atom is -0.383 e. The summed E-state index contributed by atoms with van der Waals surface area (Å²) in [4.78, 5) is 23.8. The highest BCUT2D eigenvalue weighted by Crippen LogP contribution is 2.36. The number of rotatable bonds is 4. The fourth-order valence-corrected chi connectivity index (χ4v) is 3.02. The molecule has 1 aliphatic carbocycles. The van der Waals surface area contributed by atoms with Gasteiger partial charge in [-0.3, -0.25) is 9.59 Å². The Morgan fingerprint density at radius 2 is 1.72 bits per heavy atom. The fraction of sp³-hybridized carbons (Fsp3) is 0.263. The molecule has 3 N–H and O–H groups in total. The van der Waals surface area contributed by atoms with Crippen molar-refractivity contribution in [1.29, 1.82) is 0 Å². The highest BCUT2D eigenvalue weighted by molar-refractivity contribution is 6.35. The van der Waals surface area contributed by atoms with Crippen LogP contribution in [0.4, 0.5) is 4.39 Å². The number of fused-ring (bicyclic) bond motifs is 1. The van der Waals surface area contributed by atoms with Crippen LogP contribution in [0.15, 0.2) is 48.5 Å². The maximum Gasteiger partial charge on any atom is 0.309 e. The molecule has 0 unspecified atom stereocenters. The van der Waals surface area contributed by atoms with Crippen molar-refractivity contribution in [2.75, 3.05) is 6.54 Å². The second kappa shape index (κ2) is 7.03. The van der Waals surface area contributed by atoms with Crippen LogP contribution in [0.1, 0.15) is 23.1 Å². The molecule has 0 saturated heterocycles. The third-order valence-corrected chi connectivity index (χ3v) is 4.44. The third kappa shape index (κ3) is 3.85. The van der Waals surface area contributed by atoms with E-state index in [4.69, 9.17) is 0 Å². The van der Waals surface area contributed by atoms with Crippen LogP contribution in [-0.4, -0.2) is 23.5 Å². The zero-order valence-electron chi connectivity index (χ0n) is 13.6. The maximum atomic E-state index is 12.8. The van der Waals surface area contributed by atoms with E-state index in [1.807, 2.05) is 24.3 Å². The van der Waals surface area contributed by atoms with Crippen molar-refractivity contribution >= 4 is 11.8 Å². The van der Waals surface area contributed by atoms with E-state index < -0.39 is 17.4 Å². The van der Waals surface area contributed by atoms with Gasteiger partial charge in [-0.1, -0.05) is 36.4 Å². The van der Waals surface area contributed by atoms with E-state index in [1.54, 1.807) is 0 Å². The standard InChI is InChI=1S/C19H19FN2O3/c20-15-7-5-13(6-8-15)11-21-17(23)18(24)22-12-19(25)10-9-14-3-1-2-4-16(14)19/h1-8,25H,9-12H2,(H,21,23)(H,22,24)/t19-/m0/s1. The van der Waals surface area contributed by atoms with Crippen LogP contribution < -0.4 is 10.6 Å². The zero-order chi connectivity index (χ0) is 17.9. The largest absolute Gasteiger partial charge is 0.383 e. The van der Waals surface area contributed by atoms with Crippen LogP contribution in [0, 0.1) is 5.82 Å². The average molecular weight is 342 g/mol. The molecule has 1 aliphatic rings. The highest BCUT2D eigenvalue weighted by atomic mass is 19.1. The Morgan fingerprint density at radius 1 is 1.04 bits per heavy atom. The number of halogens is 1. The van der Waals surface area contributed by atoms with E-state index in [1.165, 1.54) is 24.3 Å². The van der Waals surface area contributed by atoms with Gasteiger partial charge in [-0.05, 0) is 41.7 Å². The SMILES string of the molecule is O=C(NCc1ccc(F)cc1)C(=O)NC[C@@]1(O)CCc2ccccc21. The molecule has 0 aliphatic heterocycles. The Morgan fingerprint density at radius 3 is 2.48 bits per heavy atom.